The van der Waals surface area contributed by atoms with E-state index < -0.39 is 0 Å². The fraction of sp³-hybridized carbons (Fsp3) is 0.357. The Morgan fingerprint density at radius 2 is 2.21 bits per heavy atom. The van der Waals surface area contributed by atoms with Crippen LogP contribution in [0.3, 0.4) is 0 Å². The number of ether oxygens (including phenoxy) is 2. The second kappa shape index (κ2) is 6.13. The van der Waals surface area contributed by atoms with Crippen molar-refractivity contribution in [1.29, 1.82) is 0 Å². The Bertz CT molecular complexity index is 558. The molecule has 0 amide bonds. The van der Waals surface area contributed by atoms with Gasteiger partial charge >= 0.3 is 5.97 Å². The smallest absolute Gasteiger partial charge is 0.305 e. The molecule has 102 valence electrons. The van der Waals surface area contributed by atoms with Crippen molar-refractivity contribution in [3.63, 3.8) is 0 Å². The van der Waals surface area contributed by atoms with Crippen molar-refractivity contribution in [3.8, 4) is 11.5 Å². The Morgan fingerprint density at radius 3 is 3.00 bits per heavy atom. The number of esters is 1. The van der Waals surface area contributed by atoms with Gasteiger partial charge in [0.15, 0.2) is 0 Å². The molecule has 0 bridgehead atoms. The molecule has 0 aliphatic heterocycles. The van der Waals surface area contributed by atoms with Gasteiger partial charge in [0, 0.05) is 17.9 Å². The maximum absolute atomic E-state index is 11.1. The van der Waals surface area contributed by atoms with Gasteiger partial charge in [-0.15, -0.1) is 0 Å². The molecule has 1 heterocycles. The highest BCUT2D eigenvalue weighted by Crippen LogP contribution is 2.30. The third-order valence-corrected chi connectivity index (χ3v) is 2.64. The zero-order valence-electron chi connectivity index (χ0n) is 10.7. The number of hydrogen-bond acceptors (Lipinski definition) is 5. The Kier molecular flexibility index (Phi) is 4.28. The number of carbonyl (C=O) groups excluding carboxylic acids is 1. The van der Waals surface area contributed by atoms with Crippen molar-refractivity contribution in [2.75, 3.05) is 13.2 Å². The third kappa shape index (κ3) is 3.40. The van der Waals surface area contributed by atoms with Crippen LogP contribution in [0.25, 0.3) is 10.8 Å². The lowest BCUT2D eigenvalue weighted by molar-refractivity contribution is -0.143. The van der Waals surface area contributed by atoms with Crippen molar-refractivity contribution < 1.29 is 23.8 Å². The van der Waals surface area contributed by atoms with E-state index in [1.165, 1.54) is 12.3 Å². The molecule has 0 fully saturated rings. The lowest BCUT2D eigenvalue weighted by atomic mass is 10.2. The molecule has 0 aliphatic carbocycles. The molecule has 1 N–H and O–H groups in total. The molecule has 0 saturated heterocycles. The molecule has 0 saturated carbocycles. The molecule has 0 atom stereocenters. The van der Waals surface area contributed by atoms with Crippen molar-refractivity contribution in [3.05, 3.63) is 24.7 Å². The summed E-state index contributed by atoms with van der Waals surface area (Å²) in [7, 11) is 0. The van der Waals surface area contributed by atoms with Gasteiger partial charge in [-0.25, -0.2) is 0 Å². The van der Waals surface area contributed by atoms with E-state index in [0.717, 1.165) is 5.39 Å². The molecular weight excluding hydrogens is 248 g/mol. The number of aromatic hydroxyl groups is 1. The lowest BCUT2D eigenvalue weighted by Crippen LogP contribution is -2.06. The summed E-state index contributed by atoms with van der Waals surface area (Å²) in [5.41, 5.74) is 0. The van der Waals surface area contributed by atoms with Crippen molar-refractivity contribution >= 4 is 16.7 Å². The summed E-state index contributed by atoms with van der Waals surface area (Å²) >= 11 is 0. The monoisotopic (exact) mass is 264 g/mol. The summed E-state index contributed by atoms with van der Waals surface area (Å²) in [6.07, 6.45) is 3.92. The first kappa shape index (κ1) is 13.3. The third-order valence-electron chi connectivity index (χ3n) is 2.64. The second-order valence-electron chi connectivity index (χ2n) is 4.07. The van der Waals surface area contributed by atoms with E-state index >= 15 is 0 Å². The largest absolute Gasteiger partial charge is 0.507 e. The number of benzene rings is 1. The van der Waals surface area contributed by atoms with Gasteiger partial charge in [0.25, 0.3) is 0 Å². The van der Waals surface area contributed by atoms with Crippen LogP contribution in [0, 0.1) is 0 Å². The molecule has 0 spiro atoms. The van der Waals surface area contributed by atoms with Crippen LogP contribution in [0.2, 0.25) is 0 Å². The Balaban J connectivity index is 1.86. The quantitative estimate of drug-likeness (QED) is 0.641. The summed E-state index contributed by atoms with van der Waals surface area (Å²) in [6.45, 7) is 2.56. The predicted octanol–water partition coefficient (Wildman–Crippen LogP) is 2.86. The minimum Gasteiger partial charge on any atom is -0.507 e. The fourth-order valence-electron chi connectivity index (χ4n) is 1.76. The van der Waals surface area contributed by atoms with Crippen molar-refractivity contribution in [2.24, 2.45) is 0 Å². The standard InChI is InChI=1S/C14H16O5/c1-2-18-14(16)4-3-5-19-11-6-10-8-17-9-12(10)13(15)7-11/h6-9,15H,2-5H2,1H3. The molecular formula is C14H16O5. The number of rotatable bonds is 6. The van der Waals surface area contributed by atoms with E-state index in [1.807, 2.05) is 0 Å². The van der Waals surface area contributed by atoms with E-state index in [4.69, 9.17) is 13.9 Å². The minimum absolute atomic E-state index is 0.117. The number of fused-ring (bicyclic) bond motifs is 1. The lowest BCUT2D eigenvalue weighted by Gasteiger charge is -2.07. The van der Waals surface area contributed by atoms with Crippen LogP contribution in [-0.2, 0) is 9.53 Å². The average molecular weight is 264 g/mol. The van der Waals surface area contributed by atoms with E-state index in [9.17, 15) is 9.90 Å². The van der Waals surface area contributed by atoms with Crippen molar-refractivity contribution in [2.45, 2.75) is 19.8 Å². The molecule has 1 aromatic carbocycles. The van der Waals surface area contributed by atoms with Gasteiger partial charge in [0.1, 0.15) is 17.8 Å². The Labute approximate surface area is 110 Å². The average Bonchev–Trinajstić information content (AvgIpc) is 2.84. The number of phenols is 1. The van der Waals surface area contributed by atoms with Crippen LogP contribution in [-0.4, -0.2) is 24.3 Å². The van der Waals surface area contributed by atoms with Gasteiger partial charge in [-0.2, -0.15) is 0 Å². The van der Waals surface area contributed by atoms with Gasteiger partial charge < -0.3 is 19.0 Å². The van der Waals surface area contributed by atoms with Crippen LogP contribution in [0.4, 0.5) is 0 Å². The Morgan fingerprint density at radius 1 is 1.37 bits per heavy atom. The summed E-state index contributed by atoms with van der Waals surface area (Å²) in [5, 5.41) is 11.2. The first-order chi connectivity index (χ1) is 9.20. The molecule has 0 aliphatic rings. The van der Waals surface area contributed by atoms with Crippen molar-refractivity contribution in [1.82, 2.24) is 0 Å². The topological polar surface area (TPSA) is 68.9 Å². The first-order valence-electron chi connectivity index (χ1n) is 6.18. The molecule has 0 unspecified atom stereocenters. The number of carbonyl (C=O) groups is 1. The molecule has 2 rings (SSSR count). The first-order valence-corrected chi connectivity index (χ1v) is 6.18. The predicted molar refractivity (Wildman–Crippen MR) is 69.2 cm³/mol. The maximum Gasteiger partial charge on any atom is 0.305 e. The SMILES string of the molecule is CCOC(=O)CCCOc1cc(O)c2cocc2c1. The van der Waals surface area contributed by atoms with Gasteiger partial charge in [-0.1, -0.05) is 0 Å². The van der Waals surface area contributed by atoms with Crippen LogP contribution in [0.5, 0.6) is 11.5 Å². The highest BCUT2D eigenvalue weighted by atomic mass is 16.5. The molecule has 2 aromatic rings. The zero-order valence-corrected chi connectivity index (χ0v) is 10.7. The van der Waals surface area contributed by atoms with Gasteiger partial charge in [0.2, 0.25) is 0 Å². The van der Waals surface area contributed by atoms with E-state index in [-0.39, 0.29) is 11.7 Å². The highest BCUT2D eigenvalue weighted by Gasteiger charge is 2.06. The molecule has 1 aromatic heterocycles. The number of phenolic OH excluding ortho intramolecular Hbond substituents is 1. The zero-order chi connectivity index (χ0) is 13.7. The number of hydrogen-bond donors (Lipinski definition) is 1. The van der Waals surface area contributed by atoms with Crippen LogP contribution in [0.1, 0.15) is 19.8 Å². The van der Waals surface area contributed by atoms with Crippen LogP contribution >= 0.6 is 0 Å². The molecule has 5 nitrogen and oxygen atoms in total. The highest BCUT2D eigenvalue weighted by molar-refractivity contribution is 5.88. The fourth-order valence-corrected chi connectivity index (χ4v) is 1.76. The summed E-state index contributed by atoms with van der Waals surface area (Å²) in [5.74, 6) is 0.445. The molecule has 0 radical (unpaired) electrons. The van der Waals surface area contributed by atoms with E-state index in [2.05, 4.69) is 0 Å². The van der Waals surface area contributed by atoms with Gasteiger partial charge in [-0.3, -0.25) is 4.79 Å². The summed E-state index contributed by atoms with van der Waals surface area (Å²) < 4.78 is 15.3. The van der Waals surface area contributed by atoms with Gasteiger partial charge in [0.05, 0.1) is 24.9 Å². The second-order valence-corrected chi connectivity index (χ2v) is 4.07. The Hall–Kier alpha value is -2.17. The summed E-state index contributed by atoms with van der Waals surface area (Å²) in [4.78, 5) is 11.1. The van der Waals surface area contributed by atoms with Crippen LogP contribution < -0.4 is 4.74 Å². The number of furan rings is 1. The minimum atomic E-state index is -0.223. The molecule has 19 heavy (non-hydrogen) atoms. The maximum atomic E-state index is 11.1. The van der Waals surface area contributed by atoms with E-state index in [1.54, 1.807) is 19.3 Å². The van der Waals surface area contributed by atoms with Crippen LogP contribution in [0.15, 0.2) is 29.1 Å². The summed E-state index contributed by atoms with van der Waals surface area (Å²) in [6, 6.07) is 3.31. The van der Waals surface area contributed by atoms with Gasteiger partial charge in [-0.05, 0) is 19.4 Å². The molecule has 5 heteroatoms. The van der Waals surface area contributed by atoms with E-state index in [0.29, 0.717) is 37.2 Å². The normalized spacial score (nSPS) is 10.6.